The third kappa shape index (κ3) is 1.96. The van der Waals surface area contributed by atoms with Crippen LogP contribution in [0.15, 0.2) is 24.3 Å². The molecular weight excluding hydrogens is 224 g/mol. The number of nitrogens with two attached hydrogens (primary N) is 1. The summed E-state index contributed by atoms with van der Waals surface area (Å²) in [6.45, 7) is 0. The molecule has 2 rings (SSSR count). The van der Waals surface area contributed by atoms with E-state index in [1.165, 1.54) is 6.42 Å². The summed E-state index contributed by atoms with van der Waals surface area (Å²) < 4.78 is 5.64. The van der Waals surface area contributed by atoms with E-state index in [0.29, 0.717) is 0 Å². The summed E-state index contributed by atoms with van der Waals surface area (Å²) in [6, 6.07) is 7.76. The maximum absolute atomic E-state index is 5.99. The fourth-order valence-electron chi connectivity index (χ4n) is 2.37. The Hall–Kier alpha value is -0.610. The Morgan fingerprint density at radius 1 is 1.50 bits per heavy atom. The molecule has 0 amide bonds. The Morgan fingerprint density at radius 2 is 2.25 bits per heavy atom. The molecule has 3 N–H and O–H groups in total. The highest BCUT2D eigenvalue weighted by Crippen LogP contribution is 2.44. The zero-order valence-electron chi connectivity index (χ0n) is 9.37. The van der Waals surface area contributed by atoms with Crippen LogP contribution in [0.4, 0.5) is 0 Å². The van der Waals surface area contributed by atoms with Crippen molar-refractivity contribution in [1.29, 1.82) is 0 Å². The lowest BCUT2D eigenvalue weighted by molar-refractivity contribution is -0.0999. The van der Waals surface area contributed by atoms with Crippen LogP contribution >= 0.6 is 11.6 Å². The molecule has 1 saturated carbocycles. The number of benzene rings is 1. The molecule has 0 aliphatic heterocycles. The Labute approximate surface area is 101 Å². The summed E-state index contributed by atoms with van der Waals surface area (Å²) in [5.74, 6) is 5.65. The van der Waals surface area contributed by atoms with E-state index in [9.17, 15) is 0 Å². The summed E-state index contributed by atoms with van der Waals surface area (Å²) >= 11 is 5.99. The SMILES string of the molecule is COC1(C(NN)c2cccc(Cl)c2)CCC1. The molecule has 0 aromatic heterocycles. The van der Waals surface area contributed by atoms with Gasteiger partial charge >= 0.3 is 0 Å². The van der Waals surface area contributed by atoms with Gasteiger partial charge in [0.15, 0.2) is 0 Å². The topological polar surface area (TPSA) is 47.3 Å². The standard InChI is InChI=1S/C12H17ClN2O/c1-16-12(6-3-7-12)11(15-14)9-4-2-5-10(13)8-9/h2,4-5,8,11,15H,3,6-7,14H2,1H3. The largest absolute Gasteiger partial charge is 0.376 e. The van der Waals surface area contributed by atoms with Crippen molar-refractivity contribution in [3.05, 3.63) is 34.9 Å². The fourth-order valence-corrected chi connectivity index (χ4v) is 2.57. The number of ether oxygens (including phenoxy) is 1. The third-order valence-corrected chi connectivity index (χ3v) is 3.72. The molecule has 0 radical (unpaired) electrons. The van der Waals surface area contributed by atoms with Crippen LogP contribution in [0.2, 0.25) is 5.02 Å². The van der Waals surface area contributed by atoms with Gasteiger partial charge in [-0.15, -0.1) is 0 Å². The molecule has 1 aliphatic carbocycles. The molecule has 0 spiro atoms. The van der Waals surface area contributed by atoms with Crippen LogP contribution in [0.5, 0.6) is 0 Å². The molecule has 1 aliphatic rings. The molecular formula is C12H17ClN2O. The molecule has 0 saturated heterocycles. The number of nitrogens with one attached hydrogen (secondary N) is 1. The monoisotopic (exact) mass is 240 g/mol. The predicted octanol–water partition coefficient (Wildman–Crippen LogP) is 2.41. The Kier molecular flexibility index (Phi) is 3.50. The van der Waals surface area contributed by atoms with E-state index in [-0.39, 0.29) is 11.6 Å². The van der Waals surface area contributed by atoms with Crippen molar-refractivity contribution >= 4 is 11.6 Å². The maximum atomic E-state index is 5.99. The van der Waals surface area contributed by atoms with Crippen molar-refractivity contribution in [1.82, 2.24) is 5.43 Å². The average molecular weight is 241 g/mol. The number of hydrazine groups is 1. The summed E-state index contributed by atoms with van der Waals surface area (Å²) in [4.78, 5) is 0. The van der Waals surface area contributed by atoms with Crippen LogP contribution in [-0.2, 0) is 4.74 Å². The first-order valence-electron chi connectivity index (χ1n) is 5.48. The molecule has 16 heavy (non-hydrogen) atoms. The first kappa shape index (κ1) is 11.9. The van der Waals surface area contributed by atoms with Crippen molar-refractivity contribution in [2.45, 2.75) is 30.9 Å². The zero-order chi connectivity index (χ0) is 11.6. The number of rotatable bonds is 4. The molecule has 0 heterocycles. The predicted molar refractivity (Wildman–Crippen MR) is 65.1 cm³/mol. The minimum Gasteiger partial charge on any atom is -0.376 e. The van der Waals surface area contributed by atoms with E-state index >= 15 is 0 Å². The molecule has 0 bridgehead atoms. The van der Waals surface area contributed by atoms with Gasteiger partial charge in [-0.3, -0.25) is 11.3 Å². The summed E-state index contributed by atoms with van der Waals surface area (Å²) in [7, 11) is 1.74. The fraction of sp³-hybridized carbons (Fsp3) is 0.500. The highest BCUT2D eigenvalue weighted by Gasteiger charge is 2.44. The van der Waals surface area contributed by atoms with E-state index in [0.717, 1.165) is 23.4 Å². The van der Waals surface area contributed by atoms with Gasteiger partial charge in [0.1, 0.15) is 0 Å². The third-order valence-electron chi connectivity index (χ3n) is 3.48. The first-order valence-corrected chi connectivity index (χ1v) is 5.86. The summed E-state index contributed by atoms with van der Waals surface area (Å²) in [5.41, 5.74) is 3.77. The Balaban J connectivity index is 2.28. The van der Waals surface area contributed by atoms with E-state index in [1.807, 2.05) is 24.3 Å². The molecule has 1 unspecified atom stereocenters. The number of methoxy groups -OCH3 is 1. The van der Waals surface area contributed by atoms with Crippen molar-refractivity contribution in [2.75, 3.05) is 7.11 Å². The van der Waals surface area contributed by atoms with Gasteiger partial charge in [-0.2, -0.15) is 0 Å². The molecule has 1 aromatic carbocycles. The van der Waals surface area contributed by atoms with Gasteiger partial charge in [0.25, 0.3) is 0 Å². The van der Waals surface area contributed by atoms with Crippen LogP contribution in [0.25, 0.3) is 0 Å². The second-order valence-electron chi connectivity index (χ2n) is 4.28. The van der Waals surface area contributed by atoms with Crippen LogP contribution in [0.3, 0.4) is 0 Å². The van der Waals surface area contributed by atoms with E-state index in [4.69, 9.17) is 22.2 Å². The van der Waals surface area contributed by atoms with Crippen molar-refractivity contribution in [3.63, 3.8) is 0 Å². The van der Waals surface area contributed by atoms with Crippen molar-refractivity contribution < 1.29 is 4.74 Å². The van der Waals surface area contributed by atoms with Gasteiger partial charge in [-0.1, -0.05) is 23.7 Å². The lowest BCUT2D eigenvalue weighted by Crippen LogP contribution is -2.52. The van der Waals surface area contributed by atoms with Crippen molar-refractivity contribution in [2.24, 2.45) is 5.84 Å². The highest BCUT2D eigenvalue weighted by atomic mass is 35.5. The minimum atomic E-state index is -0.167. The van der Waals surface area contributed by atoms with Gasteiger partial charge in [0.05, 0.1) is 11.6 Å². The Morgan fingerprint density at radius 3 is 2.69 bits per heavy atom. The second kappa shape index (κ2) is 4.72. The molecule has 88 valence electrons. The van der Waals surface area contributed by atoms with Gasteiger partial charge < -0.3 is 4.74 Å². The molecule has 1 fully saturated rings. The van der Waals surface area contributed by atoms with Crippen LogP contribution in [0, 0.1) is 0 Å². The van der Waals surface area contributed by atoms with Gasteiger partial charge in [0.2, 0.25) is 0 Å². The first-order chi connectivity index (χ1) is 7.72. The van der Waals surface area contributed by atoms with Crippen LogP contribution in [-0.4, -0.2) is 12.7 Å². The van der Waals surface area contributed by atoms with Crippen LogP contribution in [0.1, 0.15) is 30.9 Å². The lowest BCUT2D eigenvalue weighted by atomic mass is 9.72. The van der Waals surface area contributed by atoms with Gasteiger partial charge in [-0.25, -0.2) is 0 Å². The maximum Gasteiger partial charge on any atom is 0.0885 e. The second-order valence-corrected chi connectivity index (χ2v) is 4.71. The van der Waals surface area contributed by atoms with E-state index in [1.54, 1.807) is 7.11 Å². The van der Waals surface area contributed by atoms with Crippen molar-refractivity contribution in [3.8, 4) is 0 Å². The summed E-state index contributed by atoms with van der Waals surface area (Å²) in [5, 5.41) is 0.725. The minimum absolute atomic E-state index is 0.00458. The number of halogens is 1. The zero-order valence-corrected chi connectivity index (χ0v) is 10.1. The highest BCUT2D eigenvalue weighted by molar-refractivity contribution is 6.30. The normalized spacial score (nSPS) is 20.2. The van der Waals surface area contributed by atoms with E-state index < -0.39 is 0 Å². The Bertz CT molecular complexity index is 360. The summed E-state index contributed by atoms with van der Waals surface area (Å²) in [6.07, 6.45) is 3.25. The lowest BCUT2D eigenvalue weighted by Gasteiger charge is -2.46. The molecule has 3 nitrogen and oxygen atoms in total. The average Bonchev–Trinajstić information content (AvgIpc) is 2.23. The quantitative estimate of drug-likeness (QED) is 0.628. The van der Waals surface area contributed by atoms with E-state index in [2.05, 4.69) is 5.43 Å². The van der Waals surface area contributed by atoms with Crippen LogP contribution < -0.4 is 11.3 Å². The van der Waals surface area contributed by atoms with Gasteiger partial charge in [-0.05, 0) is 37.0 Å². The smallest absolute Gasteiger partial charge is 0.0885 e. The number of hydrogen-bond acceptors (Lipinski definition) is 3. The molecule has 4 heteroatoms. The molecule has 1 atom stereocenters. The number of hydrogen-bond donors (Lipinski definition) is 2. The molecule has 1 aromatic rings. The van der Waals surface area contributed by atoms with Gasteiger partial charge in [0, 0.05) is 12.1 Å².